The molecule has 8 heteroatoms. The Morgan fingerprint density at radius 1 is 1.04 bits per heavy atom. The fraction of sp³-hybridized carbons (Fsp3) is 0.278. The van der Waals surface area contributed by atoms with E-state index in [2.05, 4.69) is 41.0 Å². The minimum Gasteiger partial charge on any atom is -0.280 e. The topological polar surface area (TPSA) is 89.8 Å². The Bertz CT molecular complexity index is 1020. The van der Waals surface area contributed by atoms with E-state index in [0.717, 1.165) is 5.56 Å². The molecule has 0 fully saturated rings. The Labute approximate surface area is 153 Å². The van der Waals surface area contributed by atoms with E-state index >= 15 is 0 Å². The van der Waals surface area contributed by atoms with Crippen LogP contribution in [0.25, 0.3) is 5.69 Å². The zero-order valence-corrected chi connectivity index (χ0v) is 15.9. The Morgan fingerprint density at radius 2 is 1.73 bits per heavy atom. The Hall–Kier alpha value is -2.74. The van der Waals surface area contributed by atoms with E-state index in [9.17, 15) is 8.42 Å². The van der Waals surface area contributed by atoms with E-state index in [1.807, 2.05) is 12.1 Å². The molecule has 136 valence electrons. The molecule has 1 heterocycles. The molecule has 1 N–H and O–H groups in total. The molecule has 0 aliphatic rings. The van der Waals surface area contributed by atoms with Gasteiger partial charge in [0.25, 0.3) is 10.0 Å². The van der Waals surface area contributed by atoms with Gasteiger partial charge in [0, 0.05) is 0 Å². The number of rotatable bonds is 4. The maximum atomic E-state index is 12.7. The van der Waals surface area contributed by atoms with Crippen molar-refractivity contribution in [2.24, 2.45) is 0 Å². The number of nitrogens with zero attached hydrogens (tertiary/aromatic N) is 4. The van der Waals surface area contributed by atoms with Crippen LogP contribution in [0.4, 0.5) is 5.69 Å². The van der Waals surface area contributed by atoms with Gasteiger partial charge in [0.2, 0.25) is 0 Å². The van der Waals surface area contributed by atoms with Crippen molar-refractivity contribution in [3.05, 3.63) is 59.9 Å². The summed E-state index contributed by atoms with van der Waals surface area (Å²) in [6, 6.07) is 13.9. The second-order valence-corrected chi connectivity index (χ2v) is 8.75. The van der Waals surface area contributed by atoms with Gasteiger partial charge in [0.1, 0.15) is 0 Å². The number of sulfonamides is 1. The number of benzene rings is 2. The average Bonchev–Trinajstić information content (AvgIpc) is 3.00. The Balaban J connectivity index is 1.87. The van der Waals surface area contributed by atoms with Gasteiger partial charge < -0.3 is 0 Å². The highest BCUT2D eigenvalue weighted by atomic mass is 32.2. The van der Waals surface area contributed by atoms with Gasteiger partial charge in [0.05, 0.1) is 16.3 Å². The van der Waals surface area contributed by atoms with Gasteiger partial charge in [-0.25, -0.2) is 8.42 Å². The van der Waals surface area contributed by atoms with E-state index in [1.165, 1.54) is 4.68 Å². The average molecular weight is 371 g/mol. The highest BCUT2D eigenvalue weighted by Gasteiger charge is 2.18. The van der Waals surface area contributed by atoms with Crippen LogP contribution in [0, 0.1) is 6.92 Å². The van der Waals surface area contributed by atoms with Crippen LogP contribution in [-0.2, 0) is 15.4 Å². The van der Waals surface area contributed by atoms with Crippen LogP contribution in [0.1, 0.15) is 32.2 Å². The van der Waals surface area contributed by atoms with Gasteiger partial charge in [-0.05, 0) is 58.7 Å². The lowest BCUT2D eigenvalue weighted by atomic mass is 9.87. The maximum absolute atomic E-state index is 12.7. The van der Waals surface area contributed by atoms with Gasteiger partial charge >= 0.3 is 0 Å². The van der Waals surface area contributed by atoms with E-state index < -0.39 is 10.0 Å². The molecule has 1 aromatic heterocycles. The molecule has 2 aromatic carbocycles. The van der Waals surface area contributed by atoms with Crippen LogP contribution in [0.2, 0.25) is 0 Å². The molecule has 0 spiro atoms. The second-order valence-electron chi connectivity index (χ2n) is 7.07. The van der Waals surface area contributed by atoms with Crippen molar-refractivity contribution in [1.82, 2.24) is 20.2 Å². The molecular formula is C18H21N5O2S. The number of nitrogens with one attached hydrogen (secondary N) is 1. The predicted octanol–water partition coefficient (Wildman–Crippen LogP) is 3.07. The number of tetrazole rings is 1. The molecule has 0 amide bonds. The zero-order chi connectivity index (χ0) is 18.9. The molecule has 0 aliphatic heterocycles. The van der Waals surface area contributed by atoms with Crippen LogP contribution in [0.15, 0.2) is 53.4 Å². The van der Waals surface area contributed by atoms with Crippen LogP contribution in [0.3, 0.4) is 0 Å². The third-order valence-electron chi connectivity index (χ3n) is 4.00. The summed E-state index contributed by atoms with van der Waals surface area (Å²) in [7, 11) is -3.68. The summed E-state index contributed by atoms with van der Waals surface area (Å²) >= 11 is 0. The number of aromatic nitrogens is 4. The molecule has 3 rings (SSSR count). The molecule has 26 heavy (non-hydrogen) atoms. The number of anilines is 1. The van der Waals surface area contributed by atoms with Gasteiger partial charge in [0.15, 0.2) is 5.82 Å². The lowest BCUT2D eigenvalue weighted by Gasteiger charge is -2.19. The van der Waals surface area contributed by atoms with Crippen LogP contribution in [-0.4, -0.2) is 28.6 Å². The van der Waals surface area contributed by atoms with E-state index in [4.69, 9.17) is 0 Å². The van der Waals surface area contributed by atoms with Crippen LogP contribution >= 0.6 is 0 Å². The minimum absolute atomic E-state index is 0.0340. The number of aryl methyl sites for hydroxylation is 1. The van der Waals surface area contributed by atoms with Crippen molar-refractivity contribution in [1.29, 1.82) is 0 Å². The maximum Gasteiger partial charge on any atom is 0.261 e. The summed E-state index contributed by atoms with van der Waals surface area (Å²) in [5, 5.41) is 11.3. The van der Waals surface area contributed by atoms with Crippen molar-refractivity contribution in [2.45, 2.75) is 38.0 Å². The molecule has 7 nitrogen and oxygen atoms in total. The quantitative estimate of drug-likeness (QED) is 0.761. The standard InChI is InChI=1S/C18H21N5O2S/c1-13-19-21-22-23(13)16-7-5-6-15(12-16)20-26(24,25)17-10-8-14(9-11-17)18(2,3)4/h5-12,20H,1-4H3. The molecular weight excluding hydrogens is 350 g/mol. The Kier molecular flexibility index (Phi) is 4.53. The van der Waals surface area contributed by atoms with Crippen molar-refractivity contribution in [2.75, 3.05) is 4.72 Å². The molecule has 3 aromatic rings. The summed E-state index contributed by atoms with van der Waals surface area (Å²) in [4.78, 5) is 0.217. The summed E-state index contributed by atoms with van der Waals surface area (Å²) in [5.41, 5.74) is 2.16. The fourth-order valence-electron chi connectivity index (χ4n) is 2.52. The SMILES string of the molecule is Cc1nnnn1-c1cccc(NS(=O)(=O)c2ccc(C(C)(C)C)cc2)c1. The number of hydrogen-bond acceptors (Lipinski definition) is 5. The highest BCUT2D eigenvalue weighted by molar-refractivity contribution is 7.92. The second kappa shape index (κ2) is 6.53. The molecule has 0 saturated carbocycles. The fourth-order valence-corrected chi connectivity index (χ4v) is 3.57. The van der Waals surface area contributed by atoms with Gasteiger partial charge in [-0.1, -0.05) is 39.0 Å². The van der Waals surface area contributed by atoms with Crippen molar-refractivity contribution < 1.29 is 8.42 Å². The van der Waals surface area contributed by atoms with Crippen LogP contribution < -0.4 is 4.72 Å². The van der Waals surface area contributed by atoms with Crippen molar-refractivity contribution >= 4 is 15.7 Å². The molecule has 0 bridgehead atoms. The lowest BCUT2D eigenvalue weighted by molar-refractivity contribution is 0.587. The molecule has 0 unspecified atom stereocenters. The minimum atomic E-state index is -3.68. The zero-order valence-electron chi connectivity index (χ0n) is 15.1. The summed E-state index contributed by atoms with van der Waals surface area (Å²) in [5.74, 6) is 0.614. The number of hydrogen-bond donors (Lipinski definition) is 1. The van der Waals surface area contributed by atoms with Gasteiger partial charge in [-0.15, -0.1) is 5.10 Å². The lowest BCUT2D eigenvalue weighted by Crippen LogP contribution is -2.15. The van der Waals surface area contributed by atoms with Crippen molar-refractivity contribution in [3.63, 3.8) is 0 Å². The molecule has 0 aliphatic carbocycles. The summed E-state index contributed by atoms with van der Waals surface area (Å²) in [6.07, 6.45) is 0. The van der Waals surface area contributed by atoms with Gasteiger partial charge in [-0.3, -0.25) is 4.72 Å². The normalized spacial score (nSPS) is 12.2. The highest BCUT2D eigenvalue weighted by Crippen LogP contribution is 2.24. The first-order chi connectivity index (χ1) is 12.2. The monoisotopic (exact) mass is 371 g/mol. The first-order valence-electron chi connectivity index (χ1n) is 8.16. The van der Waals surface area contributed by atoms with Crippen molar-refractivity contribution in [3.8, 4) is 5.69 Å². The Morgan fingerprint density at radius 3 is 2.31 bits per heavy atom. The predicted molar refractivity (Wildman–Crippen MR) is 99.8 cm³/mol. The summed E-state index contributed by atoms with van der Waals surface area (Å²) in [6.45, 7) is 8.03. The van der Waals surface area contributed by atoms with E-state index in [0.29, 0.717) is 17.2 Å². The molecule has 0 radical (unpaired) electrons. The largest absolute Gasteiger partial charge is 0.280 e. The van der Waals surface area contributed by atoms with Crippen LogP contribution in [0.5, 0.6) is 0 Å². The summed E-state index contributed by atoms with van der Waals surface area (Å²) < 4.78 is 29.5. The smallest absolute Gasteiger partial charge is 0.261 e. The van der Waals surface area contributed by atoms with E-state index in [-0.39, 0.29) is 10.3 Å². The molecule has 0 saturated heterocycles. The third kappa shape index (κ3) is 3.75. The first-order valence-corrected chi connectivity index (χ1v) is 9.64. The first kappa shape index (κ1) is 18.1. The van der Waals surface area contributed by atoms with E-state index in [1.54, 1.807) is 43.3 Å². The molecule has 0 atom stereocenters. The van der Waals surface area contributed by atoms with Gasteiger partial charge in [-0.2, -0.15) is 4.68 Å². The third-order valence-corrected chi connectivity index (χ3v) is 5.40.